The van der Waals surface area contributed by atoms with Gasteiger partial charge in [-0.1, -0.05) is 39.5 Å². The summed E-state index contributed by atoms with van der Waals surface area (Å²) in [6.07, 6.45) is 7.86. The van der Waals surface area contributed by atoms with E-state index in [4.69, 9.17) is 15.2 Å². The van der Waals surface area contributed by atoms with E-state index in [1.165, 1.54) is 25.7 Å². The van der Waals surface area contributed by atoms with Crippen LogP contribution in [0.2, 0.25) is 0 Å². The fourth-order valence-corrected chi connectivity index (χ4v) is 1.48. The van der Waals surface area contributed by atoms with Gasteiger partial charge in [-0.15, -0.1) is 0 Å². The Bertz CT molecular complexity index is 119. The molecule has 0 aromatic carbocycles. The Morgan fingerprint density at radius 1 is 0.875 bits per heavy atom. The highest BCUT2D eigenvalue weighted by Gasteiger charge is 2.07. The van der Waals surface area contributed by atoms with E-state index in [1.807, 2.05) is 0 Å². The van der Waals surface area contributed by atoms with Crippen molar-refractivity contribution in [3.05, 3.63) is 0 Å². The van der Waals surface area contributed by atoms with E-state index in [9.17, 15) is 0 Å². The predicted molar refractivity (Wildman–Crippen MR) is 68.4 cm³/mol. The molecule has 16 heavy (non-hydrogen) atoms. The van der Waals surface area contributed by atoms with Gasteiger partial charge in [0.05, 0.1) is 0 Å². The van der Waals surface area contributed by atoms with Gasteiger partial charge >= 0.3 is 0 Å². The minimum atomic E-state index is -0.0845. The highest BCUT2D eigenvalue weighted by atomic mass is 16.7. The van der Waals surface area contributed by atoms with Crippen molar-refractivity contribution in [3.8, 4) is 0 Å². The van der Waals surface area contributed by atoms with Crippen molar-refractivity contribution in [2.24, 2.45) is 5.73 Å². The molecule has 0 heterocycles. The van der Waals surface area contributed by atoms with E-state index in [0.717, 1.165) is 32.5 Å². The molecule has 0 bridgehead atoms. The Hall–Kier alpha value is -0.120. The molecule has 0 aromatic rings. The molecule has 0 spiro atoms. The third-order valence-electron chi connectivity index (χ3n) is 2.51. The Balaban J connectivity index is 3.45. The third kappa shape index (κ3) is 10.4. The summed E-state index contributed by atoms with van der Waals surface area (Å²) < 4.78 is 11.3. The van der Waals surface area contributed by atoms with Gasteiger partial charge in [0.1, 0.15) is 0 Å². The van der Waals surface area contributed by atoms with Gasteiger partial charge in [0.25, 0.3) is 0 Å². The van der Waals surface area contributed by atoms with Crippen LogP contribution >= 0.6 is 0 Å². The molecule has 0 aromatic heterocycles. The van der Waals surface area contributed by atoms with Gasteiger partial charge in [0, 0.05) is 19.6 Å². The molecule has 0 atom stereocenters. The Morgan fingerprint density at radius 3 is 1.75 bits per heavy atom. The summed E-state index contributed by atoms with van der Waals surface area (Å²) in [7, 11) is 0. The zero-order valence-electron chi connectivity index (χ0n) is 11.0. The molecule has 3 heteroatoms. The molecule has 0 saturated carbocycles. The van der Waals surface area contributed by atoms with Crippen molar-refractivity contribution in [3.63, 3.8) is 0 Å². The lowest BCUT2D eigenvalue weighted by atomic mass is 10.2. The molecule has 0 aliphatic heterocycles. The van der Waals surface area contributed by atoms with E-state index in [0.29, 0.717) is 6.54 Å². The summed E-state index contributed by atoms with van der Waals surface area (Å²) in [5, 5.41) is 0. The van der Waals surface area contributed by atoms with Gasteiger partial charge in [0.2, 0.25) is 0 Å². The molecule has 2 N–H and O–H groups in total. The quantitative estimate of drug-likeness (QED) is 0.415. The average Bonchev–Trinajstić information content (AvgIpc) is 2.30. The molecular weight excluding hydrogens is 202 g/mol. The first-order valence-electron chi connectivity index (χ1n) is 6.78. The van der Waals surface area contributed by atoms with Crippen molar-refractivity contribution < 1.29 is 9.47 Å². The van der Waals surface area contributed by atoms with Crippen LogP contribution in [0.25, 0.3) is 0 Å². The molecule has 0 saturated heterocycles. The largest absolute Gasteiger partial charge is 0.353 e. The van der Waals surface area contributed by atoms with E-state index >= 15 is 0 Å². The van der Waals surface area contributed by atoms with E-state index in [-0.39, 0.29) is 6.29 Å². The molecule has 0 amide bonds. The molecule has 0 radical (unpaired) electrons. The summed E-state index contributed by atoms with van der Waals surface area (Å²) >= 11 is 0. The second-order valence-electron chi connectivity index (χ2n) is 4.16. The van der Waals surface area contributed by atoms with Crippen molar-refractivity contribution in [2.75, 3.05) is 19.8 Å². The van der Waals surface area contributed by atoms with Crippen LogP contribution < -0.4 is 5.73 Å². The number of hydrogen-bond acceptors (Lipinski definition) is 3. The van der Waals surface area contributed by atoms with Crippen LogP contribution in [0, 0.1) is 0 Å². The maximum atomic E-state index is 5.66. The van der Waals surface area contributed by atoms with E-state index < -0.39 is 0 Å². The highest BCUT2D eigenvalue weighted by molar-refractivity contribution is 4.48. The first-order valence-corrected chi connectivity index (χ1v) is 6.78. The fourth-order valence-electron chi connectivity index (χ4n) is 1.48. The Morgan fingerprint density at radius 2 is 1.38 bits per heavy atom. The van der Waals surface area contributed by atoms with Crippen LogP contribution in [0.15, 0.2) is 0 Å². The maximum absolute atomic E-state index is 5.66. The van der Waals surface area contributed by atoms with Gasteiger partial charge in [0.15, 0.2) is 6.29 Å². The zero-order chi connectivity index (χ0) is 12.1. The summed E-state index contributed by atoms with van der Waals surface area (Å²) in [4.78, 5) is 0. The number of rotatable bonds is 12. The lowest BCUT2D eigenvalue weighted by molar-refractivity contribution is -0.145. The van der Waals surface area contributed by atoms with E-state index in [2.05, 4.69) is 13.8 Å². The minimum absolute atomic E-state index is 0.0845. The predicted octanol–water partition coefficient (Wildman–Crippen LogP) is 3.07. The highest BCUT2D eigenvalue weighted by Crippen LogP contribution is 2.05. The Kier molecular flexibility index (Phi) is 12.9. The molecule has 0 fully saturated rings. The number of nitrogens with two attached hydrogens (primary N) is 1. The first-order chi connectivity index (χ1) is 7.85. The van der Waals surface area contributed by atoms with Crippen LogP contribution in [0.4, 0.5) is 0 Å². The van der Waals surface area contributed by atoms with Crippen LogP contribution in [0.3, 0.4) is 0 Å². The monoisotopic (exact) mass is 231 g/mol. The molecule has 0 aliphatic carbocycles. The smallest absolute Gasteiger partial charge is 0.158 e. The van der Waals surface area contributed by atoms with Crippen LogP contribution in [-0.4, -0.2) is 26.0 Å². The number of unbranched alkanes of at least 4 members (excludes halogenated alkanes) is 4. The summed E-state index contributed by atoms with van der Waals surface area (Å²) in [5.41, 5.74) is 5.53. The molecular formula is C13H29NO2. The SMILES string of the molecule is CCCCCOC(CCN)OCCCCC. The number of ether oxygens (including phenoxy) is 2. The summed E-state index contributed by atoms with van der Waals surface area (Å²) in [6.45, 7) is 6.61. The van der Waals surface area contributed by atoms with Gasteiger partial charge in [-0.05, 0) is 19.4 Å². The van der Waals surface area contributed by atoms with Gasteiger partial charge in [-0.3, -0.25) is 0 Å². The zero-order valence-corrected chi connectivity index (χ0v) is 11.0. The maximum Gasteiger partial charge on any atom is 0.158 e. The van der Waals surface area contributed by atoms with E-state index in [1.54, 1.807) is 0 Å². The van der Waals surface area contributed by atoms with Crippen LogP contribution in [0.1, 0.15) is 58.8 Å². The van der Waals surface area contributed by atoms with Crippen LogP contribution in [0.5, 0.6) is 0 Å². The second-order valence-corrected chi connectivity index (χ2v) is 4.16. The molecule has 0 aliphatic rings. The molecule has 3 nitrogen and oxygen atoms in total. The second kappa shape index (κ2) is 12.9. The van der Waals surface area contributed by atoms with Gasteiger partial charge in [-0.25, -0.2) is 0 Å². The summed E-state index contributed by atoms with van der Waals surface area (Å²) in [5.74, 6) is 0. The average molecular weight is 231 g/mol. The van der Waals surface area contributed by atoms with Gasteiger partial charge < -0.3 is 15.2 Å². The first kappa shape index (κ1) is 15.9. The Labute approximate surface area is 101 Å². The van der Waals surface area contributed by atoms with Gasteiger partial charge in [-0.2, -0.15) is 0 Å². The lowest BCUT2D eigenvalue weighted by Gasteiger charge is -2.17. The third-order valence-corrected chi connectivity index (χ3v) is 2.51. The molecule has 98 valence electrons. The lowest BCUT2D eigenvalue weighted by Crippen LogP contribution is -2.22. The fraction of sp³-hybridized carbons (Fsp3) is 1.00. The molecule has 0 rings (SSSR count). The van der Waals surface area contributed by atoms with Crippen molar-refractivity contribution in [1.29, 1.82) is 0 Å². The standard InChI is InChI=1S/C13H29NO2/c1-3-5-7-11-15-13(9-10-14)16-12-8-6-4-2/h13H,3-12,14H2,1-2H3. The van der Waals surface area contributed by atoms with Crippen molar-refractivity contribution in [1.82, 2.24) is 0 Å². The topological polar surface area (TPSA) is 44.5 Å². The number of hydrogen-bond donors (Lipinski definition) is 1. The van der Waals surface area contributed by atoms with Crippen LogP contribution in [-0.2, 0) is 9.47 Å². The normalized spacial score (nSPS) is 11.2. The summed E-state index contributed by atoms with van der Waals surface area (Å²) in [6, 6.07) is 0. The van der Waals surface area contributed by atoms with Crippen molar-refractivity contribution >= 4 is 0 Å². The molecule has 0 unspecified atom stereocenters. The minimum Gasteiger partial charge on any atom is -0.353 e. The van der Waals surface area contributed by atoms with Crippen molar-refractivity contribution in [2.45, 2.75) is 65.1 Å².